The van der Waals surface area contributed by atoms with Gasteiger partial charge in [0, 0.05) is 7.11 Å². The Morgan fingerprint density at radius 2 is 1.76 bits per heavy atom. The number of hydrogen-bond acceptors (Lipinski definition) is 4. The van der Waals surface area contributed by atoms with Crippen molar-refractivity contribution in [3.8, 4) is 0 Å². The first-order chi connectivity index (χ1) is 9.37. The third-order valence-corrected chi connectivity index (χ3v) is 3.48. The van der Waals surface area contributed by atoms with Crippen molar-refractivity contribution in [1.29, 1.82) is 0 Å². The number of aliphatic hydroxyl groups is 1. The van der Waals surface area contributed by atoms with Gasteiger partial charge in [-0.05, 0) is 23.8 Å². The average Bonchev–Trinajstić information content (AvgIpc) is 2.35. The second-order valence-electron chi connectivity index (χ2n) is 4.12. The molecule has 0 aromatic heterocycles. The molecular formula is C11H13F5O4S. The van der Waals surface area contributed by atoms with Crippen molar-refractivity contribution < 1.29 is 38.8 Å². The summed E-state index contributed by atoms with van der Waals surface area (Å²) in [7, 11) is -8.64. The van der Waals surface area contributed by atoms with Gasteiger partial charge in [0.1, 0.15) is 11.5 Å². The lowest BCUT2D eigenvalue weighted by Crippen LogP contribution is -2.13. The smallest absolute Gasteiger partial charge is 0.338 e. The molecule has 1 aromatic carbocycles. The first-order valence-corrected chi connectivity index (χ1v) is 7.47. The monoisotopic (exact) mass is 336 g/mol. The highest BCUT2D eigenvalue weighted by molar-refractivity contribution is 8.45. The van der Waals surface area contributed by atoms with E-state index in [0.717, 1.165) is 6.07 Å². The summed E-state index contributed by atoms with van der Waals surface area (Å²) in [5.74, 6) is -1.22. The van der Waals surface area contributed by atoms with Crippen molar-refractivity contribution in [2.24, 2.45) is 0 Å². The molecule has 21 heavy (non-hydrogen) atoms. The molecule has 0 aliphatic heterocycles. The average molecular weight is 336 g/mol. The lowest BCUT2D eigenvalue weighted by molar-refractivity contribution is 0.0387. The normalized spacial score (nSPS) is 15.2. The summed E-state index contributed by atoms with van der Waals surface area (Å²) >= 11 is 0. The number of carbonyl (C=O) groups excluding carboxylic acids is 1. The number of esters is 1. The number of carbonyl (C=O) groups is 1. The van der Waals surface area contributed by atoms with Crippen LogP contribution in [-0.2, 0) is 16.1 Å². The number of rotatable bonds is 6. The zero-order valence-electron chi connectivity index (χ0n) is 10.8. The molecular weight excluding hydrogens is 323 g/mol. The first kappa shape index (κ1) is 17.7. The number of benzene rings is 1. The molecule has 0 fully saturated rings. The SMILES string of the molecule is COCCOC(=O)c1cc(CO)cc(S(F)(F)(F)(F)F)c1. The summed E-state index contributed by atoms with van der Waals surface area (Å²) in [5, 5.41) is 8.84. The van der Waals surface area contributed by atoms with Gasteiger partial charge >= 0.3 is 16.2 Å². The first-order valence-electron chi connectivity index (χ1n) is 5.52. The van der Waals surface area contributed by atoms with Crippen molar-refractivity contribution in [2.75, 3.05) is 20.3 Å². The Bertz CT molecular complexity index is 543. The Morgan fingerprint density at radius 3 is 2.24 bits per heavy atom. The second kappa shape index (κ2) is 5.11. The summed E-state index contributed by atoms with van der Waals surface area (Å²) in [4.78, 5) is 9.27. The Labute approximate surface area is 117 Å². The van der Waals surface area contributed by atoms with Crippen LogP contribution in [0.2, 0.25) is 0 Å². The number of halogens is 5. The van der Waals surface area contributed by atoms with Crippen LogP contribution in [0.25, 0.3) is 0 Å². The molecule has 10 heteroatoms. The molecule has 0 aliphatic rings. The standard InChI is InChI=1S/C11H13F5O4S/c1-19-2-3-20-11(18)9-4-8(7-17)5-10(6-9)21(12,13,14,15)16/h4-6,17H,2-3,7H2,1H3. The van der Waals surface area contributed by atoms with Gasteiger partial charge in [-0.3, -0.25) is 0 Å². The summed E-state index contributed by atoms with van der Waals surface area (Å²) in [5.41, 5.74) is -1.19. The molecule has 0 spiro atoms. The van der Waals surface area contributed by atoms with Gasteiger partial charge in [-0.15, -0.1) is 0 Å². The lowest BCUT2D eigenvalue weighted by atomic mass is 10.1. The highest BCUT2D eigenvalue weighted by Crippen LogP contribution is 3.02. The number of ether oxygens (including phenoxy) is 2. The summed E-state index contributed by atoms with van der Waals surface area (Å²) in [6.07, 6.45) is 0. The van der Waals surface area contributed by atoms with Crippen molar-refractivity contribution in [2.45, 2.75) is 11.5 Å². The fourth-order valence-corrected chi connectivity index (χ4v) is 2.12. The van der Waals surface area contributed by atoms with Crippen LogP contribution in [0, 0.1) is 0 Å². The third kappa shape index (κ3) is 5.14. The highest BCUT2D eigenvalue weighted by atomic mass is 32.5. The zero-order chi connectivity index (χ0) is 16.4. The minimum atomic E-state index is -9.95. The third-order valence-electron chi connectivity index (χ3n) is 2.35. The minimum absolute atomic E-state index is 0.000155. The van der Waals surface area contributed by atoms with Crippen LogP contribution in [0.5, 0.6) is 0 Å². The molecule has 0 saturated carbocycles. The minimum Gasteiger partial charge on any atom is -0.460 e. The number of methoxy groups -OCH3 is 1. The maximum atomic E-state index is 12.8. The maximum absolute atomic E-state index is 12.8. The summed E-state index contributed by atoms with van der Waals surface area (Å²) in [6.45, 7) is -1.18. The van der Waals surface area contributed by atoms with Gasteiger partial charge in [0.15, 0.2) is 0 Å². The van der Waals surface area contributed by atoms with Crippen LogP contribution in [0.1, 0.15) is 15.9 Å². The van der Waals surface area contributed by atoms with Crippen LogP contribution in [-0.4, -0.2) is 31.4 Å². The van der Waals surface area contributed by atoms with E-state index in [2.05, 4.69) is 9.47 Å². The van der Waals surface area contributed by atoms with E-state index in [4.69, 9.17) is 5.11 Å². The largest absolute Gasteiger partial charge is 0.460 e. The van der Waals surface area contributed by atoms with Gasteiger partial charge < -0.3 is 14.6 Å². The van der Waals surface area contributed by atoms with E-state index in [1.54, 1.807) is 0 Å². The topological polar surface area (TPSA) is 55.8 Å². The summed E-state index contributed by atoms with van der Waals surface area (Å²) < 4.78 is 72.9. The predicted octanol–water partition coefficient (Wildman–Crippen LogP) is 3.64. The van der Waals surface area contributed by atoms with Gasteiger partial charge in [0.25, 0.3) is 0 Å². The van der Waals surface area contributed by atoms with Crippen molar-refractivity contribution in [3.63, 3.8) is 0 Å². The number of hydrogen-bond donors (Lipinski definition) is 1. The zero-order valence-corrected chi connectivity index (χ0v) is 11.6. The highest BCUT2D eigenvalue weighted by Gasteiger charge is 2.65. The maximum Gasteiger partial charge on any atom is 0.338 e. The number of aliphatic hydroxyl groups excluding tert-OH is 1. The van der Waals surface area contributed by atoms with Gasteiger partial charge in [-0.2, -0.15) is 0 Å². The summed E-state index contributed by atoms with van der Waals surface area (Å²) in [6, 6.07) is 0.964. The molecule has 122 valence electrons. The quantitative estimate of drug-likeness (QED) is 0.490. The molecule has 0 aliphatic carbocycles. The van der Waals surface area contributed by atoms with E-state index in [1.165, 1.54) is 7.11 Å². The molecule has 0 heterocycles. The predicted molar refractivity (Wildman–Crippen MR) is 65.9 cm³/mol. The van der Waals surface area contributed by atoms with Crippen LogP contribution < -0.4 is 0 Å². The van der Waals surface area contributed by atoms with E-state index >= 15 is 0 Å². The van der Waals surface area contributed by atoms with Gasteiger partial charge in [-0.25, -0.2) is 4.79 Å². The molecule has 1 rings (SSSR count). The Kier molecular flexibility index (Phi) is 4.30. The van der Waals surface area contributed by atoms with Crippen LogP contribution in [0.15, 0.2) is 23.1 Å². The molecule has 0 atom stereocenters. The fraction of sp³-hybridized carbons (Fsp3) is 0.364. The van der Waals surface area contributed by atoms with E-state index < -0.39 is 38.8 Å². The molecule has 4 nitrogen and oxygen atoms in total. The van der Waals surface area contributed by atoms with E-state index in [-0.39, 0.29) is 25.3 Å². The molecule has 0 unspecified atom stereocenters. The molecule has 0 saturated heterocycles. The van der Waals surface area contributed by atoms with E-state index in [0.29, 0.717) is 0 Å². The molecule has 0 amide bonds. The van der Waals surface area contributed by atoms with Gasteiger partial charge in [0.2, 0.25) is 0 Å². The van der Waals surface area contributed by atoms with Crippen LogP contribution in [0.4, 0.5) is 19.4 Å². The van der Waals surface area contributed by atoms with Crippen LogP contribution in [0.3, 0.4) is 0 Å². The van der Waals surface area contributed by atoms with Crippen LogP contribution >= 0.6 is 10.2 Å². The van der Waals surface area contributed by atoms with E-state index in [9.17, 15) is 24.2 Å². The Hall–Kier alpha value is -1.39. The molecule has 1 aromatic rings. The Morgan fingerprint density at radius 1 is 1.14 bits per heavy atom. The van der Waals surface area contributed by atoms with Crippen molar-refractivity contribution in [3.05, 3.63) is 29.3 Å². The van der Waals surface area contributed by atoms with Crippen molar-refractivity contribution >= 4 is 16.2 Å². The fourth-order valence-electron chi connectivity index (χ4n) is 1.39. The van der Waals surface area contributed by atoms with Gasteiger partial charge in [0.05, 0.1) is 18.8 Å². The molecule has 0 bridgehead atoms. The van der Waals surface area contributed by atoms with E-state index in [1.807, 2.05) is 0 Å². The van der Waals surface area contributed by atoms with Crippen molar-refractivity contribution in [1.82, 2.24) is 0 Å². The Balaban J connectivity index is 3.22. The molecule has 1 N–H and O–H groups in total. The second-order valence-corrected chi connectivity index (χ2v) is 6.53. The lowest BCUT2D eigenvalue weighted by Gasteiger charge is -2.40. The molecule has 0 radical (unpaired) electrons. The van der Waals surface area contributed by atoms with Gasteiger partial charge in [-0.1, -0.05) is 19.4 Å².